The summed E-state index contributed by atoms with van der Waals surface area (Å²) in [5.74, 6) is 0.549. The first-order valence-corrected chi connectivity index (χ1v) is 5.97. The molecule has 0 aliphatic rings. The average Bonchev–Trinajstić information content (AvgIpc) is 2.25. The summed E-state index contributed by atoms with van der Waals surface area (Å²) in [7, 11) is 0. The largest absolute Gasteiger partial charge is 0.392 e. The summed E-state index contributed by atoms with van der Waals surface area (Å²) in [6.45, 7) is 5.78. The van der Waals surface area contributed by atoms with Gasteiger partial charge in [-0.3, -0.25) is 4.98 Å². The highest BCUT2D eigenvalue weighted by Gasteiger charge is 2.05. The van der Waals surface area contributed by atoms with Crippen molar-refractivity contribution < 1.29 is 5.11 Å². The zero-order valence-corrected chi connectivity index (χ0v) is 10.2. The molecule has 1 heterocycles. The number of aliphatic hydroxyl groups excluding tert-OH is 1. The second-order valence-corrected chi connectivity index (χ2v) is 4.56. The van der Waals surface area contributed by atoms with Crippen LogP contribution in [-0.4, -0.2) is 29.3 Å². The fourth-order valence-electron chi connectivity index (χ4n) is 1.66. The van der Waals surface area contributed by atoms with E-state index in [4.69, 9.17) is 0 Å². The van der Waals surface area contributed by atoms with E-state index in [1.807, 2.05) is 24.4 Å². The zero-order valence-electron chi connectivity index (χ0n) is 10.2. The van der Waals surface area contributed by atoms with Crippen LogP contribution in [0.3, 0.4) is 0 Å². The maximum Gasteiger partial charge on any atom is 0.0667 e. The number of aliphatic hydroxyl groups is 1. The SMILES string of the molecule is CC(C)CC(O)CNCCc1ccccn1. The molecule has 3 heteroatoms. The molecule has 16 heavy (non-hydrogen) atoms. The Morgan fingerprint density at radius 1 is 1.38 bits per heavy atom. The van der Waals surface area contributed by atoms with E-state index in [-0.39, 0.29) is 6.10 Å². The molecule has 0 saturated heterocycles. The molecular weight excluding hydrogens is 200 g/mol. The lowest BCUT2D eigenvalue weighted by Crippen LogP contribution is -2.29. The van der Waals surface area contributed by atoms with Crippen LogP contribution < -0.4 is 5.32 Å². The molecule has 0 radical (unpaired) electrons. The first-order valence-electron chi connectivity index (χ1n) is 5.97. The van der Waals surface area contributed by atoms with Crippen LogP contribution in [0.5, 0.6) is 0 Å². The van der Waals surface area contributed by atoms with Crippen LogP contribution in [-0.2, 0) is 6.42 Å². The minimum Gasteiger partial charge on any atom is -0.392 e. The molecular formula is C13H22N2O. The number of nitrogens with one attached hydrogen (secondary N) is 1. The Kier molecular flexibility index (Phi) is 6.04. The third kappa shape index (κ3) is 5.83. The highest BCUT2D eigenvalue weighted by molar-refractivity contribution is 5.03. The smallest absolute Gasteiger partial charge is 0.0667 e. The lowest BCUT2D eigenvalue weighted by atomic mass is 10.1. The van der Waals surface area contributed by atoms with Crippen molar-refractivity contribution in [1.29, 1.82) is 0 Å². The maximum atomic E-state index is 9.64. The topological polar surface area (TPSA) is 45.1 Å². The van der Waals surface area contributed by atoms with Gasteiger partial charge in [-0.15, -0.1) is 0 Å². The Balaban J connectivity index is 2.08. The fourth-order valence-corrected chi connectivity index (χ4v) is 1.66. The highest BCUT2D eigenvalue weighted by atomic mass is 16.3. The number of hydrogen-bond donors (Lipinski definition) is 2. The average molecular weight is 222 g/mol. The van der Waals surface area contributed by atoms with Gasteiger partial charge in [0.1, 0.15) is 0 Å². The number of aromatic nitrogens is 1. The Morgan fingerprint density at radius 3 is 2.81 bits per heavy atom. The van der Waals surface area contributed by atoms with Crippen molar-refractivity contribution in [2.75, 3.05) is 13.1 Å². The van der Waals surface area contributed by atoms with Crippen LogP contribution in [0.15, 0.2) is 24.4 Å². The van der Waals surface area contributed by atoms with Gasteiger partial charge in [-0.05, 0) is 24.5 Å². The van der Waals surface area contributed by atoms with Crippen molar-refractivity contribution in [3.05, 3.63) is 30.1 Å². The van der Waals surface area contributed by atoms with E-state index in [2.05, 4.69) is 24.1 Å². The van der Waals surface area contributed by atoms with E-state index >= 15 is 0 Å². The minimum atomic E-state index is -0.233. The summed E-state index contributed by atoms with van der Waals surface area (Å²) in [5.41, 5.74) is 1.09. The van der Waals surface area contributed by atoms with Crippen molar-refractivity contribution in [3.8, 4) is 0 Å². The monoisotopic (exact) mass is 222 g/mol. The van der Waals surface area contributed by atoms with Gasteiger partial charge >= 0.3 is 0 Å². The summed E-state index contributed by atoms with van der Waals surface area (Å²) >= 11 is 0. The van der Waals surface area contributed by atoms with Gasteiger partial charge in [-0.2, -0.15) is 0 Å². The molecule has 1 aromatic heterocycles. The standard InChI is InChI=1S/C13H22N2O/c1-11(2)9-13(16)10-14-8-6-12-5-3-4-7-15-12/h3-5,7,11,13-14,16H,6,8-10H2,1-2H3. The lowest BCUT2D eigenvalue weighted by molar-refractivity contribution is 0.147. The van der Waals surface area contributed by atoms with Crippen LogP contribution >= 0.6 is 0 Å². The van der Waals surface area contributed by atoms with Crippen molar-refractivity contribution >= 4 is 0 Å². The van der Waals surface area contributed by atoms with Gasteiger partial charge in [-0.25, -0.2) is 0 Å². The van der Waals surface area contributed by atoms with Gasteiger partial charge in [0.05, 0.1) is 6.10 Å². The number of nitrogens with zero attached hydrogens (tertiary/aromatic N) is 1. The van der Waals surface area contributed by atoms with E-state index in [0.717, 1.165) is 25.1 Å². The van der Waals surface area contributed by atoms with E-state index < -0.39 is 0 Å². The predicted molar refractivity (Wildman–Crippen MR) is 66.3 cm³/mol. The molecule has 1 aromatic rings. The molecule has 0 saturated carbocycles. The van der Waals surface area contributed by atoms with Crippen LogP contribution in [0.2, 0.25) is 0 Å². The highest BCUT2D eigenvalue weighted by Crippen LogP contribution is 2.03. The van der Waals surface area contributed by atoms with Crippen molar-refractivity contribution in [2.24, 2.45) is 5.92 Å². The van der Waals surface area contributed by atoms with Crippen LogP contribution in [0.4, 0.5) is 0 Å². The van der Waals surface area contributed by atoms with E-state index in [0.29, 0.717) is 12.5 Å². The minimum absolute atomic E-state index is 0.233. The molecule has 0 fully saturated rings. The normalized spacial score (nSPS) is 13.0. The molecule has 0 aliphatic heterocycles. The molecule has 0 bridgehead atoms. The molecule has 0 spiro atoms. The maximum absolute atomic E-state index is 9.64. The van der Waals surface area contributed by atoms with Gasteiger partial charge in [0.2, 0.25) is 0 Å². The van der Waals surface area contributed by atoms with Crippen LogP contribution in [0, 0.1) is 5.92 Å². The number of hydrogen-bond acceptors (Lipinski definition) is 3. The van der Waals surface area contributed by atoms with E-state index in [1.54, 1.807) is 0 Å². The number of pyridine rings is 1. The Labute approximate surface area is 97.9 Å². The van der Waals surface area contributed by atoms with Crippen molar-refractivity contribution in [1.82, 2.24) is 10.3 Å². The molecule has 0 aliphatic carbocycles. The summed E-state index contributed by atoms with van der Waals surface area (Å²) in [5, 5.41) is 12.9. The second-order valence-electron chi connectivity index (χ2n) is 4.56. The Bertz CT molecular complexity index is 275. The molecule has 0 aromatic carbocycles. The number of rotatable bonds is 7. The van der Waals surface area contributed by atoms with E-state index in [9.17, 15) is 5.11 Å². The van der Waals surface area contributed by atoms with Gasteiger partial charge < -0.3 is 10.4 Å². The molecule has 1 atom stereocenters. The summed E-state index contributed by atoms with van der Waals surface area (Å²) < 4.78 is 0. The van der Waals surface area contributed by atoms with Crippen LogP contribution in [0.1, 0.15) is 26.0 Å². The third-order valence-electron chi connectivity index (χ3n) is 2.41. The molecule has 1 unspecified atom stereocenters. The Hall–Kier alpha value is -0.930. The molecule has 1 rings (SSSR count). The summed E-state index contributed by atoms with van der Waals surface area (Å²) in [6.07, 6.45) is 3.35. The van der Waals surface area contributed by atoms with Gasteiger partial charge in [0, 0.05) is 31.4 Å². The van der Waals surface area contributed by atoms with Gasteiger partial charge in [0.25, 0.3) is 0 Å². The zero-order chi connectivity index (χ0) is 11.8. The predicted octanol–water partition coefficient (Wildman–Crippen LogP) is 1.62. The van der Waals surface area contributed by atoms with Crippen LogP contribution in [0.25, 0.3) is 0 Å². The van der Waals surface area contributed by atoms with Gasteiger partial charge in [0.15, 0.2) is 0 Å². The quantitative estimate of drug-likeness (QED) is 0.689. The molecule has 2 N–H and O–H groups in total. The third-order valence-corrected chi connectivity index (χ3v) is 2.41. The van der Waals surface area contributed by atoms with Crippen molar-refractivity contribution in [2.45, 2.75) is 32.8 Å². The van der Waals surface area contributed by atoms with Crippen molar-refractivity contribution in [3.63, 3.8) is 0 Å². The lowest BCUT2D eigenvalue weighted by Gasteiger charge is -2.13. The Morgan fingerprint density at radius 2 is 2.19 bits per heavy atom. The molecule has 90 valence electrons. The summed E-state index contributed by atoms with van der Waals surface area (Å²) in [4.78, 5) is 4.24. The van der Waals surface area contributed by atoms with E-state index in [1.165, 1.54) is 0 Å². The molecule has 0 amide bonds. The summed E-state index contributed by atoms with van der Waals surface area (Å²) in [6, 6.07) is 5.94. The molecule has 3 nitrogen and oxygen atoms in total. The van der Waals surface area contributed by atoms with Gasteiger partial charge in [-0.1, -0.05) is 19.9 Å². The second kappa shape index (κ2) is 7.36. The first kappa shape index (κ1) is 13.1. The first-order chi connectivity index (χ1) is 7.68. The fraction of sp³-hybridized carbons (Fsp3) is 0.615.